The summed E-state index contributed by atoms with van der Waals surface area (Å²) in [6, 6.07) is 11.5. The second kappa shape index (κ2) is 8.97. The van der Waals surface area contributed by atoms with Crippen molar-refractivity contribution in [1.29, 1.82) is 0 Å². The molecule has 1 aromatic heterocycles. The second-order valence-corrected chi connectivity index (χ2v) is 7.05. The number of benzene rings is 1. The van der Waals surface area contributed by atoms with E-state index in [9.17, 15) is 4.79 Å². The maximum atomic E-state index is 12.1. The lowest BCUT2D eigenvalue weighted by Crippen LogP contribution is -2.33. The number of piperidine rings is 1. The highest BCUT2D eigenvalue weighted by Gasteiger charge is 2.20. The molecule has 5 heteroatoms. The molecular formula is C20H24ClN3O. The van der Waals surface area contributed by atoms with E-state index in [0.29, 0.717) is 23.0 Å². The number of hydrogen-bond acceptors (Lipinski definition) is 3. The monoisotopic (exact) mass is 357 g/mol. The van der Waals surface area contributed by atoms with Crippen molar-refractivity contribution < 1.29 is 4.79 Å². The van der Waals surface area contributed by atoms with Crippen molar-refractivity contribution in [1.82, 2.24) is 9.88 Å². The number of nitrogens with zero attached hydrogens (tertiary/aromatic N) is 2. The molecule has 2 heterocycles. The number of carbonyl (C=O) groups is 1. The summed E-state index contributed by atoms with van der Waals surface area (Å²) in [6.07, 6.45) is 7.54. The first-order chi connectivity index (χ1) is 12.2. The molecule has 0 radical (unpaired) electrons. The molecule has 0 atom stereocenters. The van der Waals surface area contributed by atoms with Crippen LogP contribution in [0.3, 0.4) is 0 Å². The van der Waals surface area contributed by atoms with Crippen LogP contribution in [0.1, 0.15) is 31.2 Å². The molecule has 0 aliphatic carbocycles. The lowest BCUT2D eigenvalue weighted by molar-refractivity contribution is -0.116. The van der Waals surface area contributed by atoms with E-state index >= 15 is 0 Å². The summed E-state index contributed by atoms with van der Waals surface area (Å²) >= 11 is 6.08. The summed E-state index contributed by atoms with van der Waals surface area (Å²) < 4.78 is 0. The molecule has 0 spiro atoms. The van der Waals surface area contributed by atoms with Crippen LogP contribution in [-0.2, 0) is 11.3 Å². The first-order valence-electron chi connectivity index (χ1n) is 8.86. The van der Waals surface area contributed by atoms with E-state index < -0.39 is 0 Å². The minimum atomic E-state index is 0.0471. The summed E-state index contributed by atoms with van der Waals surface area (Å²) in [5.41, 5.74) is 1.96. The Morgan fingerprint density at radius 2 is 2.00 bits per heavy atom. The quantitative estimate of drug-likeness (QED) is 0.835. The topological polar surface area (TPSA) is 45.2 Å². The van der Waals surface area contributed by atoms with Gasteiger partial charge in [0.2, 0.25) is 5.91 Å². The fourth-order valence-corrected chi connectivity index (χ4v) is 3.48. The van der Waals surface area contributed by atoms with Crippen molar-refractivity contribution in [2.75, 3.05) is 18.4 Å². The number of likely N-dealkylation sites (tertiary alicyclic amines) is 1. The van der Waals surface area contributed by atoms with Gasteiger partial charge in [0.05, 0.1) is 10.7 Å². The van der Waals surface area contributed by atoms with Gasteiger partial charge in [-0.2, -0.15) is 0 Å². The maximum Gasteiger partial charge on any atom is 0.224 e. The Bertz CT molecular complexity index is 684. The predicted octanol–water partition coefficient (Wildman–Crippen LogP) is 4.37. The lowest BCUT2D eigenvalue weighted by Gasteiger charge is -2.31. The molecular weight excluding hydrogens is 334 g/mol. The van der Waals surface area contributed by atoms with Crippen LogP contribution in [0.15, 0.2) is 48.8 Å². The Balaban J connectivity index is 1.38. The summed E-state index contributed by atoms with van der Waals surface area (Å²) in [5, 5.41) is 3.49. The normalized spacial score (nSPS) is 15.9. The third-order valence-corrected chi connectivity index (χ3v) is 5.09. The zero-order chi connectivity index (χ0) is 17.5. The van der Waals surface area contributed by atoms with Gasteiger partial charge in [-0.25, -0.2) is 0 Å². The van der Waals surface area contributed by atoms with Gasteiger partial charge in [-0.1, -0.05) is 29.8 Å². The van der Waals surface area contributed by atoms with E-state index in [-0.39, 0.29) is 5.91 Å². The molecule has 3 rings (SSSR count). The van der Waals surface area contributed by atoms with Crippen molar-refractivity contribution in [2.24, 2.45) is 5.92 Å². The molecule has 4 nitrogen and oxygen atoms in total. The maximum absolute atomic E-state index is 12.1. The van der Waals surface area contributed by atoms with Gasteiger partial charge in [0, 0.05) is 25.4 Å². The molecule has 1 fully saturated rings. The number of amides is 1. The van der Waals surface area contributed by atoms with Gasteiger partial charge in [0.1, 0.15) is 0 Å². The third-order valence-electron chi connectivity index (χ3n) is 4.76. The number of rotatable bonds is 6. The Labute approximate surface area is 154 Å². The number of pyridine rings is 1. The van der Waals surface area contributed by atoms with Gasteiger partial charge in [0.15, 0.2) is 0 Å². The van der Waals surface area contributed by atoms with E-state index in [0.717, 1.165) is 38.9 Å². The van der Waals surface area contributed by atoms with Crippen LogP contribution in [0.5, 0.6) is 0 Å². The molecule has 132 valence electrons. The second-order valence-electron chi connectivity index (χ2n) is 6.65. The smallest absolute Gasteiger partial charge is 0.224 e. The first kappa shape index (κ1) is 17.9. The Hall–Kier alpha value is -1.91. The van der Waals surface area contributed by atoms with Crippen molar-refractivity contribution in [3.63, 3.8) is 0 Å². The van der Waals surface area contributed by atoms with Gasteiger partial charge in [-0.3, -0.25) is 14.7 Å². The minimum Gasteiger partial charge on any atom is -0.325 e. The number of aromatic nitrogens is 1. The molecule has 1 N–H and O–H groups in total. The Kier molecular flexibility index (Phi) is 6.42. The van der Waals surface area contributed by atoms with Crippen LogP contribution in [0.2, 0.25) is 5.02 Å². The molecule has 1 saturated heterocycles. The number of carbonyl (C=O) groups excluding carboxylic acids is 1. The van der Waals surface area contributed by atoms with Gasteiger partial charge >= 0.3 is 0 Å². The fraction of sp³-hybridized carbons (Fsp3) is 0.400. The van der Waals surface area contributed by atoms with Crippen LogP contribution in [0.4, 0.5) is 5.69 Å². The van der Waals surface area contributed by atoms with Crippen molar-refractivity contribution in [3.8, 4) is 0 Å². The zero-order valence-corrected chi connectivity index (χ0v) is 15.1. The highest BCUT2D eigenvalue weighted by molar-refractivity contribution is 6.33. The standard InChI is InChI=1S/C20H24ClN3O/c21-18-5-1-2-6-19(18)23-20(25)8-7-16-9-12-24(13-10-16)15-17-4-3-11-22-14-17/h1-6,11,14,16H,7-10,12-13,15H2,(H,23,25). The van der Waals surface area contributed by atoms with Crippen LogP contribution < -0.4 is 5.32 Å². The van der Waals surface area contributed by atoms with E-state index in [2.05, 4.69) is 21.3 Å². The van der Waals surface area contributed by atoms with Crippen molar-refractivity contribution >= 4 is 23.2 Å². The van der Waals surface area contributed by atoms with Crippen molar-refractivity contribution in [3.05, 3.63) is 59.4 Å². The van der Waals surface area contributed by atoms with Gasteiger partial charge in [-0.05, 0) is 62.0 Å². The van der Waals surface area contributed by atoms with E-state index in [1.807, 2.05) is 36.7 Å². The molecule has 0 unspecified atom stereocenters. The summed E-state index contributed by atoms with van der Waals surface area (Å²) in [5.74, 6) is 0.674. The van der Waals surface area contributed by atoms with Gasteiger partial charge in [0.25, 0.3) is 0 Å². The van der Waals surface area contributed by atoms with Crippen LogP contribution in [0, 0.1) is 5.92 Å². The highest BCUT2D eigenvalue weighted by atomic mass is 35.5. The molecule has 1 amide bonds. The molecule has 0 saturated carbocycles. The summed E-state index contributed by atoms with van der Waals surface area (Å²) in [4.78, 5) is 18.8. The fourth-order valence-electron chi connectivity index (χ4n) is 3.29. The molecule has 25 heavy (non-hydrogen) atoms. The minimum absolute atomic E-state index is 0.0471. The molecule has 2 aromatic rings. The first-order valence-corrected chi connectivity index (χ1v) is 9.24. The van der Waals surface area contributed by atoms with Crippen LogP contribution in [-0.4, -0.2) is 28.9 Å². The van der Waals surface area contributed by atoms with Crippen LogP contribution >= 0.6 is 11.6 Å². The SMILES string of the molecule is O=C(CCC1CCN(Cc2cccnc2)CC1)Nc1ccccc1Cl. The molecule has 1 aromatic carbocycles. The molecule has 1 aliphatic rings. The van der Waals surface area contributed by atoms with E-state index in [1.54, 1.807) is 6.07 Å². The number of nitrogens with one attached hydrogen (secondary N) is 1. The number of hydrogen-bond donors (Lipinski definition) is 1. The highest BCUT2D eigenvalue weighted by Crippen LogP contribution is 2.24. The molecule has 1 aliphatic heterocycles. The van der Waals surface area contributed by atoms with Gasteiger partial charge in [-0.15, -0.1) is 0 Å². The average molecular weight is 358 g/mol. The third kappa shape index (κ3) is 5.55. The summed E-state index contributed by atoms with van der Waals surface area (Å²) in [6.45, 7) is 3.14. The molecule has 0 bridgehead atoms. The number of halogens is 1. The van der Waals surface area contributed by atoms with E-state index in [4.69, 9.17) is 11.6 Å². The van der Waals surface area contributed by atoms with Crippen LogP contribution in [0.25, 0.3) is 0 Å². The Morgan fingerprint density at radius 1 is 1.20 bits per heavy atom. The zero-order valence-electron chi connectivity index (χ0n) is 14.3. The van der Waals surface area contributed by atoms with Crippen molar-refractivity contribution in [2.45, 2.75) is 32.2 Å². The largest absolute Gasteiger partial charge is 0.325 e. The average Bonchev–Trinajstić information content (AvgIpc) is 2.64. The Morgan fingerprint density at radius 3 is 2.72 bits per heavy atom. The lowest BCUT2D eigenvalue weighted by atomic mass is 9.92. The number of anilines is 1. The van der Waals surface area contributed by atoms with E-state index in [1.165, 1.54) is 5.56 Å². The number of para-hydroxylation sites is 1. The summed E-state index contributed by atoms with van der Waals surface area (Å²) in [7, 11) is 0. The van der Waals surface area contributed by atoms with Gasteiger partial charge < -0.3 is 5.32 Å². The predicted molar refractivity (Wildman–Crippen MR) is 102 cm³/mol.